The molecule has 106 valence electrons. The third-order valence-electron chi connectivity index (χ3n) is 4.25. The number of aliphatic hydroxyl groups excluding tert-OH is 1. The third kappa shape index (κ3) is 2.47. The van der Waals surface area contributed by atoms with E-state index in [4.69, 9.17) is 4.74 Å². The summed E-state index contributed by atoms with van der Waals surface area (Å²) in [5.41, 5.74) is 0.645. The van der Waals surface area contributed by atoms with Crippen LogP contribution in [0.3, 0.4) is 0 Å². The summed E-state index contributed by atoms with van der Waals surface area (Å²) < 4.78 is 18.9. The molecule has 1 aromatic carbocycles. The summed E-state index contributed by atoms with van der Waals surface area (Å²) in [5, 5.41) is 9.79. The van der Waals surface area contributed by atoms with Gasteiger partial charge in [-0.15, -0.1) is 0 Å². The van der Waals surface area contributed by atoms with E-state index in [0.29, 0.717) is 5.75 Å². The van der Waals surface area contributed by atoms with Gasteiger partial charge in [0.05, 0.1) is 13.7 Å². The van der Waals surface area contributed by atoms with E-state index in [-0.39, 0.29) is 23.9 Å². The molecule has 2 rings (SSSR count). The maximum Gasteiger partial charge on any atom is 0.123 e. The molecule has 1 fully saturated rings. The number of hydrogen-bond acceptors (Lipinski definition) is 3. The van der Waals surface area contributed by atoms with Crippen molar-refractivity contribution >= 4 is 0 Å². The fraction of sp³-hybridized carbons (Fsp3) is 0.600. The number of hydrogen-bond donors (Lipinski definition) is 1. The lowest BCUT2D eigenvalue weighted by molar-refractivity contribution is -0.0317. The average Bonchev–Trinajstić information content (AvgIpc) is 2.33. The molecular weight excluding hydrogens is 245 g/mol. The highest BCUT2D eigenvalue weighted by atomic mass is 19.1. The SMILES string of the molecule is COc1ccc(F)cc1C(N(C)C)C1(CO)CCC1. The van der Waals surface area contributed by atoms with Gasteiger partial charge in [0.2, 0.25) is 0 Å². The van der Waals surface area contributed by atoms with Crippen LogP contribution in [0.4, 0.5) is 4.39 Å². The summed E-state index contributed by atoms with van der Waals surface area (Å²) in [5.74, 6) is 0.412. The van der Waals surface area contributed by atoms with Gasteiger partial charge in [-0.25, -0.2) is 4.39 Å². The Morgan fingerprint density at radius 1 is 1.42 bits per heavy atom. The van der Waals surface area contributed by atoms with Crippen LogP contribution in [0.15, 0.2) is 18.2 Å². The minimum atomic E-state index is -0.268. The first-order valence-electron chi connectivity index (χ1n) is 6.65. The summed E-state index contributed by atoms with van der Waals surface area (Å²) in [6, 6.07) is 4.56. The summed E-state index contributed by atoms with van der Waals surface area (Å²) in [4.78, 5) is 2.05. The Bertz CT molecular complexity index is 438. The Morgan fingerprint density at radius 3 is 2.53 bits per heavy atom. The minimum absolute atomic E-state index is 0.0306. The minimum Gasteiger partial charge on any atom is -0.496 e. The topological polar surface area (TPSA) is 32.7 Å². The third-order valence-corrected chi connectivity index (χ3v) is 4.25. The number of ether oxygens (including phenoxy) is 1. The molecule has 1 unspecified atom stereocenters. The van der Waals surface area contributed by atoms with E-state index in [1.165, 1.54) is 12.1 Å². The Morgan fingerprint density at radius 2 is 2.11 bits per heavy atom. The second-order valence-corrected chi connectivity index (χ2v) is 5.63. The molecule has 4 heteroatoms. The molecule has 3 nitrogen and oxygen atoms in total. The summed E-state index contributed by atoms with van der Waals surface area (Å²) in [6.45, 7) is 0.121. The van der Waals surface area contributed by atoms with Crippen LogP contribution >= 0.6 is 0 Å². The smallest absolute Gasteiger partial charge is 0.123 e. The number of rotatable bonds is 5. The number of nitrogens with zero attached hydrogens (tertiary/aromatic N) is 1. The number of methoxy groups -OCH3 is 1. The molecular formula is C15H22FNO2. The van der Waals surface area contributed by atoms with Crippen LogP contribution in [0, 0.1) is 11.2 Å². The van der Waals surface area contributed by atoms with Crippen LogP contribution in [-0.2, 0) is 0 Å². The highest BCUT2D eigenvalue weighted by Gasteiger charge is 2.46. The van der Waals surface area contributed by atoms with Crippen molar-refractivity contribution in [2.24, 2.45) is 5.41 Å². The summed E-state index contributed by atoms with van der Waals surface area (Å²) in [6.07, 6.45) is 3.04. The fourth-order valence-electron chi connectivity index (χ4n) is 3.22. The molecule has 1 atom stereocenters. The Balaban J connectivity index is 2.47. The first kappa shape index (κ1) is 14.3. The molecule has 0 amide bonds. The standard InChI is InChI=1S/C15H22FNO2/c1-17(2)14(15(10-18)7-4-8-15)12-9-11(16)5-6-13(12)19-3/h5-6,9,14,18H,4,7-8,10H2,1-3H3. The van der Waals surface area contributed by atoms with Gasteiger partial charge in [-0.1, -0.05) is 6.42 Å². The van der Waals surface area contributed by atoms with Crippen LogP contribution in [0.1, 0.15) is 30.9 Å². The zero-order valence-corrected chi connectivity index (χ0v) is 11.8. The fourth-order valence-corrected chi connectivity index (χ4v) is 3.22. The predicted molar refractivity (Wildman–Crippen MR) is 72.7 cm³/mol. The van der Waals surface area contributed by atoms with E-state index >= 15 is 0 Å². The van der Waals surface area contributed by atoms with Gasteiger partial charge in [-0.05, 0) is 45.1 Å². The van der Waals surface area contributed by atoms with E-state index in [1.807, 2.05) is 19.0 Å². The van der Waals surface area contributed by atoms with Crippen molar-refractivity contribution in [3.05, 3.63) is 29.6 Å². The first-order chi connectivity index (χ1) is 9.04. The molecule has 1 aromatic rings. The van der Waals surface area contributed by atoms with Crippen molar-refractivity contribution in [1.82, 2.24) is 4.90 Å². The van der Waals surface area contributed by atoms with Crippen molar-refractivity contribution in [3.8, 4) is 5.75 Å². The van der Waals surface area contributed by atoms with Crippen LogP contribution in [0.25, 0.3) is 0 Å². The number of benzene rings is 1. The highest BCUT2D eigenvalue weighted by molar-refractivity contribution is 5.38. The zero-order chi connectivity index (χ0) is 14.0. The van der Waals surface area contributed by atoms with E-state index in [1.54, 1.807) is 13.2 Å². The van der Waals surface area contributed by atoms with Crippen LogP contribution in [-0.4, -0.2) is 37.8 Å². The first-order valence-corrected chi connectivity index (χ1v) is 6.65. The number of aliphatic hydroxyl groups is 1. The normalized spacial score (nSPS) is 19.1. The van der Waals surface area contributed by atoms with Gasteiger partial charge in [0.25, 0.3) is 0 Å². The largest absolute Gasteiger partial charge is 0.496 e. The molecule has 0 bridgehead atoms. The van der Waals surface area contributed by atoms with Gasteiger partial charge in [0.15, 0.2) is 0 Å². The Hall–Kier alpha value is -1.13. The molecule has 0 aliphatic heterocycles. The van der Waals surface area contributed by atoms with Gasteiger partial charge in [-0.2, -0.15) is 0 Å². The van der Waals surface area contributed by atoms with E-state index in [9.17, 15) is 9.50 Å². The molecule has 0 radical (unpaired) electrons. The Kier molecular flexibility index (Phi) is 4.11. The lowest BCUT2D eigenvalue weighted by atomic mass is 9.62. The lowest BCUT2D eigenvalue weighted by Crippen LogP contribution is -2.45. The monoisotopic (exact) mass is 267 g/mol. The molecule has 0 saturated heterocycles. The molecule has 1 saturated carbocycles. The molecule has 1 aliphatic rings. The lowest BCUT2D eigenvalue weighted by Gasteiger charge is -2.49. The van der Waals surface area contributed by atoms with Crippen molar-refractivity contribution in [1.29, 1.82) is 0 Å². The summed E-state index contributed by atoms with van der Waals surface area (Å²) >= 11 is 0. The Labute approximate surface area is 114 Å². The van der Waals surface area contributed by atoms with E-state index in [2.05, 4.69) is 0 Å². The maximum atomic E-state index is 13.6. The van der Waals surface area contributed by atoms with Crippen LogP contribution in [0.2, 0.25) is 0 Å². The zero-order valence-electron chi connectivity index (χ0n) is 11.8. The molecule has 19 heavy (non-hydrogen) atoms. The van der Waals surface area contributed by atoms with Gasteiger partial charge in [0.1, 0.15) is 11.6 Å². The predicted octanol–water partition coefficient (Wildman–Crippen LogP) is 2.60. The molecule has 0 aromatic heterocycles. The van der Waals surface area contributed by atoms with Gasteiger partial charge >= 0.3 is 0 Å². The molecule has 0 heterocycles. The van der Waals surface area contributed by atoms with Gasteiger partial charge < -0.3 is 14.7 Å². The quantitative estimate of drug-likeness (QED) is 0.890. The van der Waals surface area contributed by atoms with Crippen molar-refractivity contribution in [3.63, 3.8) is 0 Å². The molecule has 1 N–H and O–H groups in total. The average molecular weight is 267 g/mol. The van der Waals surface area contributed by atoms with Gasteiger partial charge in [-0.3, -0.25) is 0 Å². The van der Waals surface area contributed by atoms with E-state index in [0.717, 1.165) is 24.8 Å². The molecule has 1 aliphatic carbocycles. The number of halogens is 1. The maximum absolute atomic E-state index is 13.6. The van der Waals surface area contributed by atoms with Crippen LogP contribution in [0.5, 0.6) is 5.75 Å². The second kappa shape index (κ2) is 5.47. The van der Waals surface area contributed by atoms with E-state index < -0.39 is 0 Å². The van der Waals surface area contributed by atoms with Crippen molar-refractivity contribution in [2.45, 2.75) is 25.3 Å². The van der Waals surface area contributed by atoms with Crippen molar-refractivity contribution in [2.75, 3.05) is 27.8 Å². The highest BCUT2D eigenvalue weighted by Crippen LogP contribution is 2.53. The van der Waals surface area contributed by atoms with Crippen LogP contribution < -0.4 is 4.74 Å². The van der Waals surface area contributed by atoms with Crippen molar-refractivity contribution < 1.29 is 14.2 Å². The summed E-state index contributed by atoms with van der Waals surface area (Å²) in [7, 11) is 5.52. The van der Waals surface area contributed by atoms with Gasteiger partial charge in [0, 0.05) is 17.0 Å². The molecule has 0 spiro atoms. The second-order valence-electron chi connectivity index (χ2n) is 5.63.